The monoisotopic (exact) mass is 258 g/mol. The van der Waals surface area contributed by atoms with Crippen molar-refractivity contribution in [2.75, 3.05) is 32.8 Å². The molecule has 18 heavy (non-hydrogen) atoms. The summed E-state index contributed by atoms with van der Waals surface area (Å²) in [5.74, 6) is 0.171. The highest BCUT2D eigenvalue weighted by atomic mass is 16.5. The first kappa shape index (κ1) is 15.4. The molecule has 0 saturated carbocycles. The number of carbonyl (C=O) groups excluding carboxylic acids is 1. The lowest BCUT2D eigenvalue weighted by Crippen LogP contribution is -2.45. The van der Waals surface area contributed by atoms with Gasteiger partial charge in [-0.2, -0.15) is 0 Å². The number of aliphatic hydroxyl groups excluding tert-OH is 1. The Morgan fingerprint density at radius 1 is 1.50 bits per heavy atom. The van der Waals surface area contributed by atoms with Crippen LogP contribution in [0.15, 0.2) is 0 Å². The molecule has 5 nitrogen and oxygen atoms in total. The van der Waals surface area contributed by atoms with Crippen LogP contribution >= 0.6 is 0 Å². The van der Waals surface area contributed by atoms with E-state index in [4.69, 9.17) is 15.6 Å². The molecule has 106 valence electrons. The molecule has 0 aromatic carbocycles. The number of amides is 1. The Labute approximate surface area is 109 Å². The van der Waals surface area contributed by atoms with Gasteiger partial charge in [0.2, 0.25) is 5.91 Å². The van der Waals surface area contributed by atoms with Crippen LogP contribution in [0.25, 0.3) is 0 Å². The highest BCUT2D eigenvalue weighted by Crippen LogP contribution is 2.17. The number of aliphatic hydroxyl groups is 1. The van der Waals surface area contributed by atoms with E-state index in [2.05, 4.69) is 6.92 Å². The maximum atomic E-state index is 12.2. The molecule has 1 aliphatic heterocycles. The number of nitrogens with two attached hydrogens (primary N) is 1. The standard InChI is InChI=1S/C13H26N2O3/c1-2-3-11(10-14)13(17)15-6-4-12(5-7-15)18-9-8-16/h11-12,16H,2-10,14H2,1H3. The van der Waals surface area contributed by atoms with Crippen LogP contribution in [0.1, 0.15) is 32.6 Å². The Morgan fingerprint density at radius 2 is 2.17 bits per heavy atom. The van der Waals surface area contributed by atoms with Gasteiger partial charge >= 0.3 is 0 Å². The second-order valence-corrected chi connectivity index (χ2v) is 4.84. The molecular formula is C13H26N2O3. The van der Waals surface area contributed by atoms with Gasteiger partial charge in [0.1, 0.15) is 0 Å². The molecule has 1 atom stereocenters. The van der Waals surface area contributed by atoms with Gasteiger partial charge in [0.15, 0.2) is 0 Å². The van der Waals surface area contributed by atoms with Gasteiger partial charge < -0.3 is 20.5 Å². The number of ether oxygens (including phenoxy) is 1. The Kier molecular flexibility index (Phi) is 7.23. The third kappa shape index (κ3) is 4.55. The van der Waals surface area contributed by atoms with Crippen molar-refractivity contribution in [3.05, 3.63) is 0 Å². The first-order valence-corrected chi connectivity index (χ1v) is 6.94. The summed E-state index contributed by atoms with van der Waals surface area (Å²) in [6.07, 6.45) is 3.76. The minimum atomic E-state index is -0.0232. The molecule has 0 radical (unpaired) electrons. The fourth-order valence-corrected chi connectivity index (χ4v) is 2.41. The molecule has 1 saturated heterocycles. The van der Waals surface area contributed by atoms with Crippen molar-refractivity contribution in [1.82, 2.24) is 4.90 Å². The van der Waals surface area contributed by atoms with Gasteiger partial charge in [-0.1, -0.05) is 13.3 Å². The summed E-state index contributed by atoms with van der Waals surface area (Å²) < 4.78 is 5.48. The molecule has 1 aliphatic rings. The summed E-state index contributed by atoms with van der Waals surface area (Å²) in [6, 6.07) is 0. The van der Waals surface area contributed by atoms with Gasteiger partial charge in [-0.15, -0.1) is 0 Å². The molecule has 1 rings (SSSR count). The van der Waals surface area contributed by atoms with Gasteiger partial charge in [-0.25, -0.2) is 0 Å². The lowest BCUT2D eigenvalue weighted by atomic mass is 10.00. The van der Waals surface area contributed by atoms with Crippen molar-refractivity contribution in [2.24, 2.45) is 11.7 Å². The van der Waals surface area contributed by atoms with Crippen LogP contribution in [0.2, 0.25) is 0 Å². The second-order valence-electron chi connectivity index (χ2n) is 4.84. The Morgan fingerprint density at radius 3 is 2.67 bits per heavy atom. The number of likely N-dealkylation sites (tertiary alicyclic amines) is 1. The van der Waals surface area contributed by atoms with Crippen molar-refractivity contribution in [3.63, 3.8) is 0 Å². The van der Waals surface area contributed by atoms with Crippen LogP contribution < -0.4 is 5.73 Å². The number of piperidine rings is 1. The highest BCUT2D eigenvalue weighted by Gasteiger charge is 2.27. The average molecular weight is 258 g/mol. The van der Waals surface area contributed by atoms with Crippen molar-refractivity contribution in [1.29, 1.82) is 0 Å². The molecule has 5 heteroatoms. The molecule has 1 amide bonds. The number of rotatable bonds is 7. The number of hydrogen-bond acceptors (Lipinski definition) is 4. The van der Waals surface area contributed by atoms with E-state index >= 15 is 0 Å². The summed E-state index contributed by atoms with van der Waals surface area (Å²) in [5.41, 5.74) is 5.66. The summed E-state index contributed by atoms with van der Waals surface area (Å²) in [6.45, 7) is 4.45. The zero-order valence-corrected chi connectivity index (χ0v) is 11.3. The van der Waals surface area contributed by atoms with Crippen LogP contribution in [0.5, 0.6) is 0 Å². The smallest absolute Gasteiger partial charge is 0.226 e. The quantitative estimate of drug-likeness (QED) is 0.691. The topological polar surface area (TPSA) is 75.8 Å². The van der Waals surface area contributed by atoms with Crippen LogP contribution in [0, 0.1) is 5.92 Å². The van der Waals surface area contributed by atoms with Crippen LogP contribution in [-0.2, 0) is 9.53 Å². The van der Waals surface area contributed by atoms with Crippen molar-refractivity contribution in [2.45, 2.75) is 38.7 Å². The number of hydrogen-bond donors (Lipinski definition) is 2. The van der Waals surface area contributed by atoms with E-state index in [0.29, 0.717) is 13.2 Å². The molecule has 1 fully saturated rings. The van der Waals surface area contributed by atoms with Crippen LogP contribution in [0.3, 0.4) is 0 Å². The molecule has 0 aromatic heterocycles. The Bertz CT molecular complexity index is 240. The lowest BCUT2D eigenvalue weighted by Gasteiger charge is -2.34. The molecule has 0 aliphatic carbocycles. The van der Waals surface area contributed by atoms with Crippen molar-refractivity contribution >= 4 is 5.91 Å². The fourth-order valence-electron chi connectivity index (χ4n) is 2.41. The number of nitrogens with zero attached hydrogens (tertiary/aromatic N) is 1. The third-order valence-electron chi connectivity index (χ3n) is 3.47. The minimum Gasteiger partial charge on any atom is -0.394 e. The third-order valence-corrected chi connectivity index (χ3v) is 3.47. The van der Waals surface area contributed by atoms with Crippen LogP contribution in [-0.4, -0.2) is 54.9 Å². The van der Waals surface area contributed by atoms with Gasteiger partial charge in [-0.05, 0) is 19.3 Å². The van der Waals surface area contributed by atoms with E-state index in [1.165, 1.54) is 0 Å². The SMILES string of the molecule is CCCC(CN)C(=O)N1CCC(OCCO)CC1. The largest absolute Gasteiger partial charge is 0.394 e. The van der Waals surface area contributed by atoms with Crippen LogP contribution in [0.4, 0.5) is 0 Å². The zero-order valence-electron chi connectivity index (χ0n) is 11.3. The van der Waals surface area contributed by atoms with E-state index in [0.717, 1.165) is 38.8 Å². The van der Waals surface area contributed by atoms with Gasteiger partial charge in [0.25, 0.3) is 0 Å². The van der Waals surface area contributed by atoms with Crippen molar-refractivity contribution in [3.8, 4) is 0 Å². The Hall–Kier alpha value is -0.650. The number of carbonyl (C=O) groups is 1. The average Bonchev–Trinajstić information content (AvgIpc) is 2.42. The van der Waals surface area contributed by atoms with E-state index in [1.807, 2.05) is 4.90 Å². The molecule has 0 bridgehead atoms. The molecule has 0 aromatic rings. The maximum Gasteiger partial charge on any atom is 0.226 e. The molecule has 1 unspecified atom stereocenters. The highest BCUT2D eigenvalue weighted by molar-refractivity contribution is 5.79. The van der Waals surface area contributed by atoms with E-state index < -0.39 is 0 Å². The summed E-state index contributed by atoms with van der Waals surface area (Å²) in [7, 11) is 0. The van der Waals surface area contributed by atoms with E-state index in [-0.39, 0.29) is 24.5 Å². The first-order chi connectivity index (χ1) is 8.72. The van der Waals surface area contributed by atoms with E-state index in [1.54, 1.807) is 0 Å². The normalized spacial score (nSPS) is 18.9. The lowest BCUT2D eigenvalue weighted by molar-refractivity contribution is -0.138. The second kappa shape index (κ2) is 8.45. The fraction of sp³-hybridized carbons (Fsp3) is 0.923. The predicted molar refractivity (Wildman–Crippen MR) is 70.1 cm³/mol. The molecular weight excluding hydrogens is 232 g/mol. The van der Waals surface area contributed by atoms with Gasteiger partial charge in [0.05, 0.1) is 25.2 Å². The summed E-state index contributed by atoms with van der Waals surface area (Å²) in [5, 5.41) is 8.70. The van der Waals surface area contributed by atoms with E-state index in [9.17, 15) is 4.79 Å². The molecule has 0 spiro atoms. The summed E-state index contributed by atoms with van der Waals surface area (Å²) in [4.78, 5) is 14.1. The molecule has 3 N–H and O–H groups in total. The summed E-state index contributed by atoms with van der Waals surface area (Å²) >= 11 is 0. The minimum absolute atomic E-state index is 0.0232. The Balaban J connectivity index is 2.34. The van der Waals surface area contributed by atoms with Gasteiger partial charge in [0, 0.05) is 19.6 Å². The van der Waals surface area contributed by atoms with Gasteiger partial charge in [-0.3, -0.25) is 4.79 Å². The van der Waals surface area contributed by atoms with Crippen molar-refractivity contribution < 1.29 is 14.6 Å². The molecule has 1 heterocycles. The first-order valence-electron chi connectivity index (χ1n) is 6.94. The zero-order chi connectivity index (χ0) is 13.4. The maximum absolute atomic E-state index is 12.2. The predicted octanol–water partition coefficient (Wildman–Crippen LogP) is 0.361.